The molecule has 0 amide bonds. The van der Waals surface area contributed by atoms with Crippen molar-refractivity contribution in [2.75, 3.05) is 0 Å². The van der Waals surface area contributed by atoms with E-state index in [0.29, 0.717) is 0 Å². The van der Waals surface area contributed by atoms with Crippen LogP contribution in [0.4, 0.5) is 0 Å². The van der Waals surface area contributed by atoms with Gasteiger partial charge in [0.1, 0.15) is 6.29 Å². The van der Waals surface area contributed by atoms with Gasteiger partial charge in [0.05, 0.1) is 0 Å². The first-order valence-corrected chi connectivity index (χ1v) is 3.53. The Kier molecular flexibility index (Phi) is 5.74. The zero-order valence-electron chi connectivity index (χ0n) is 6.63. The second-order valence-corrected chi connectivity index (χ2v) is 2.26. The Morgan fingerprint density at radius 1 is 1.50 bits per heavy atom. The van der Waals surface area contributed by atoms with Gasteiger partial charge in [0, 0.05) is 0 Å². The number of carbonyl (C=O) groups excluding carboxylic acids is 1. The van der Waals surface area contributed by atoms with Crippen LogP contribution in [0.5, 0.6) is 0 Å². The van der Waals surface area contributed by atoms with Crippen molar-refractivity contribution in [3.8, 4) is 0 Å². The van der Waals surface area contributed by atoms with E-state index in [0.717, 1.165) is 24.7 Å². The summed E-state index contributed by atoms with van der Waals surface area (Å²) >= 11 is 0. The van der Waals surface area contributed by atoms with E-state index in [9.17, 15) is 4.79 Å². The lowest BCUT2D eigenvalue weighted by molar-refractivity contribution is -0.104. The molecule has 1 nitrogen and oxygen atoms in total. The van der Waals surface area contributed by atoms with Crippen molar-refractivity contribution in [1.82, 2.24) is 0 Å². The first-order chi connectivity index (χ1) is 4.81. The van der Waals surface area contributed by atoms with Crippen molar-refractivity contribution < 1.29 is 4.79 Å². The molecule has 0 N–H and O–H groups in total. The molecule has 10 heavy (non-hydrogen) atoms. The lowest BCUT2D eigenvalue weighted by Gasteiger charge is -1.92. The van der Waals surface area contributed by atoms with Crippen LogP contribution >= 0.6 is 0 Å². The molecule has 56 valence electrons. The maximum absolute atomic E-state index is 9.95. The van der Waals surface area contributed by atoms with E-state index in [1.807, 2.05) is 19.9 Å². The normalized spacial score (nSPS) is 12.4. The molecule has 0 unspecified atom stereocenters. The Bertz CT molecular complexity index is 143. The molecule has 0 aromatic rings. The van der Waals surface area contributed by atoms with E-state index in [1.54, 1.807) is 6.08 Å². The molecule has 0 aliphatic carbocycles. The molecule has 0 bridgehead atoms. The third-order valence-corrected chi connectivity index (χ3v) is 1.29. The van der Waals surface area contributed by atoms with Crippen LogP contribution in [-0.2, 0) is 4.79 Å². The predicted octanol–water partition coefficient (Wildman–Crippen LogP) is 2.49. The van der Waals surface area contributed by atoms with Gasteiger partial charge in [-0.1, -0.05) is 17.7 Å². The highest BCUT2D eigenvalue weighted by Crippen LogP contribution is 2.02. The Labute approximate surface area is 62.4 Å². The first kappa shape index (κ1) is 9.15. The van der Waals surface area contributed by atoms with Crippen molar-refractivity contribution in [1.29, 1.82) is 0 Å². The van der Waals surface area contributed by atoms with Crippen LogP contribution in [0.25, 0.3) is 0 Å². The quantitative estimate of drug-likeness (QED) is 0.331. The van der Waals surface area contributed by atoms with Crippen molar-refractivity contribution in [3.05, 3.63) is 23.8 Å². The third-order valence-electron chi connectivity index (χ3n) is 1.29. The van der Waals surface area contributed by atoms with Crippen LogP contribution < -0.4 is 0 Å². The van der Waals surface area contributed by atoms with Gasteiger partial charge in [0.25, 0.3) is 0 Å². The minimum atomic E-state index is 0.838. The topological polar surface area (TPSA) is 17.1 Å². The van der Waals surface area contributed by atoms with Crippen LogP contribution in [0, 0.1) is 0 Å². The fourth-order valence-electron chi connectivity index (χ4n) is 0.677. The van der Waals surface area contributed by atoms with Gasteiger partial charge in [-0.2, -0.15) is 0 Å². The van der Waals surface area contributed by atoms with Gasteiger partial charge in [-0.05, 0) is 32.8 Å². The maximum Gasteiger partial charge on any atom is 0.142 e. The fraction of sp³-hybridized carbons (Fsp3) is 0.444. The Balaban J connectivity index is 3.48. The van der Waals surface area contributed by atoms with E-state index in [2.05, 4.69) is 6.08 Å². The maximum atomic E-state index is 9.95. The number of carbonyl (C=O) groups is 1. The Hall–Kier alpha value is -0.850. The van der Waals surface area contributed by atoms with Gasteiger partial charge in [-0.15, -0.1) is 0 Å². The van der Waals surface area contributed by atoms with Gasteiger partial charge in [-0.25, -0.2) is 0 Å². The zero-order chi connectivity index (χ0) is 7.82. The van der Waals surface area contributed by atoms with Crippen LogP contribution in [0.3, 0.4) is 0 Å². The summed E-state index contributed by atoms with van der Waals surface area (Å²) in [5.74, 6) is 0. The molecule has 0 aromatic heterocycles. The van der Waals surface area contributed by atoms with Crippen LogP contribution in [0.1, 0.15) is 26.7 Å². The summed E-state index contributed by atoms with van der Waals surface area (Å²) in [6, 6.07) is 0. The van der Waals surface area contributed by atoms with E-state index in [1.165, 1.54) is 0 Å². The number of allylic oxidation sites excluding steroid dienone is 4. The van der Waals surface area contributed by atoms with Crippen molar-refractivity contribution in [2.24, 2.45) is 0 Å². The van der Waals surface area contributed by atoms with Crippen molar-refractivity contribution >= 4 is 6.29 Å². The summed E-state index contributed by atoms with van der Waals surface area (Å²) in [5, 5.41) is 0. The number of aldehydes is 1. The molecule has 0 heterocycles. The molecule has 0 saturated carbocycles. The first-order valence-electron chi connectivity index (χ1n) is 3.53. The van der Waals surface area contributed by atoms with Gasteiger partial charge < -0.3 is 0 Å². The highest BCUT2D eigenvalue weighted by atomic mass is 16.1. The molecule has 0 aliphatic heterocycles. The molecule has 0 atom stereocenters. The average molecular weight is 138 g/mol. The van der Waals surface area contributed by atoms with E-state index in [4.69, 9.17) is 0 Å². The van der Waals surface area contributed by atoms with Gasteiger partial charge in [-0.3, -0.25) is 4.79 Å². The smallest absolute Gasteiger partial charge is 0.142 e. The molecule has 0 fully saturated rings. The molecular weight excluding hydrogens is 124 g/mol. The number of rotatable bonds is 4. The van der Waals surface area contributed by atoms with Crippen molar-refractivity contribution in [3.63, 3.8) is 0 Å². The molecule has 0 spiro atoms. The molecule has 0 aliphatic rings. The molecule has 0 rings (SSSR count). The van der Waals surface area contributed by atoms with Crippen LogP contribution in [-0.4, -0.2) is 6.29 Å². The monoisotopic (exact) mass is 138 g/mol. The lowest BCUT2D eigenvalue weighted by atomic mass is 10.1. The summed E-state index contributed by atoms with van der Waals surface area (Å²) < 4.78 is 0. The van der Waals surface area contributed by atoms with E-state index < -0.39 is 0 Å². The van der Waals surface area contributed by atoms with Gasteiger partial charge >= 0.3 is 0 Å². The minimum Gasteiger partial charge on any atom is -0.299 e. The van der Waals surface area contributed by atoms with E-state index in [-0.39, 0.29) is 0 Å². The molecular formula is C9H14O. The summed E-state index contributed by atoms with van der Waals surface area (Å²) in [5.41, 5.74) is 1.15. The third kappa shape index (κ3) is 5.29. The van der Waals surface area contributed by atoms with Crippen molar-refractivity contribution in [2.45, 2.75) is 26.7 Å². The average Bonchev–Trinajstić information content (AvgIpc) is 1.89. The second-order valence-electron chi connectivity index (χ2n) is 2.26. The summed E-state index contributed by atoms with van der Waals surface area (Å²) in [4.78, 5) is 9.95. The largest absolute Gasteiger partial charge is 0.299 e. The lowest BCUT2D eigenvalue weighted by Crippen LogP contribution is -1.75. The van der Waals surface area contributed by atoms with E-state index >= 15 is 0 Å². The molecule has 1 heteroatoms. The summed E-state index contributed by atoms with van der Waals surface area (Å²) in [6.45, 7) is 3.97. The summed E-state index contributed by atoms with van der Waals surface area (Å²) in [7, 11) is 0. The van der Waals surface area contributed by atoms with Gasteiger partial charge in [0.15, 0.2) is 0 Å². The highest BCUT2D eigenvalue weighted by Gasteiger charge is 1.84. The Morgan fingerprint density at radius 2 is 2.20 bits per heavy atom. The number of hydrogen-bond donors (Lipinski definition) is 0. The van der Waals surface area contributed by atoms with Crippen LogP contribution in [0.15, 0.2) is 23.8 Å². The predicted molar refractivity (Wildman–Crippen MR) is 43.9 cm³/mol. The molecule has 0 radical (unpaired) electrons. The highest BCUT2D eigenvalue weighted by molar-refractivity contribution is 5.65. The molecule has 0 aromatic carbocycles. The number of hydrogen-bond acceptors (Lipinski definition) is 1. The summed E-state index contributed by atoms with van der Waals surface area (Å²) in [6.07, 6.45) is 8.60. The zero-order valence-corrected chi connectivity index (χ0v) is 6.63. The van der Waals surface area contributed by atoms with Crippen LogP contribution in [0.2, 0.25) is 0 Å². The Morgan fingerprint density at radius 3 is 2.70 bits per heavy atom. The fourth-order valence-corrected chi connectivity index (χ4v) is 0.677. The SMILES string of the molecule is CC=CCC/C(C)=C\C=O. The minimum absolute atomic E-state index is 0.838. The molecule has 0 saturated heterocycles. The second kappa shape index (κ2) is 6.27. The van der Waals surface area contributed by atoms with Gasteiger partial charge in [0.2, 0.25) is 0 Å². The standard InChI is InChI=1S/C9H14O/c1-3-4-5-6-9(2)7-8-10/h3-4,7-8H,5-6H2,1-2H3/b4-3?,9-7-.